The molecule has 6 aliphatic rings. The second-order valence-corrected chi connectivity index (χ2v) is 26.4. The van der Waals surface area contributed by atoms with Crippen LogP contribution in [0.5, 0.6) is 0 Å². The van der Waals surface area contributed by atoms with E-state index in [1.807, 2.05) is 0 Å². The van der Waals surface area contributed by atoms with E-state index in [1.165, 1.54) is 38.5 Å². The first-order chi connectivity index (χ1) is 19.1. The maximum atomic E-state index is 2.96. The van der Waals surface area contributed by atoms with E-state index in [2.05, 4.69) is 87.2 Å². The van der Waals surface area contributed by atoms with E-state index in [9.17, 15) is 0 Å². The predicted molar refractivity (Wildman–Crippen MR) is 185 cm³/mol. The van der Waals surface area contributed by atoms with E-state index in [0.717, 1.165) is 86.7 Å². The molecule has 1 aliphatic heterocycles. The van der Waals surface area contributed by atoms with Crippen molar-refractivity contribution in [3.63, 3.8) is 0 Å². The molecule has 5 saturated carbocycles. The molecule has 1 saturated heterocycles. The van der Waals surface area contributed by atoms with Gasteiger partial charge >= 0.3 is 0 Å². The molecule has 0 aromatic rings. The summed E-state index contributed by atoms with van der Waals surface area (Å²) in [6, 6.07) is 0. The van der Waals surface area contributed by atoms with Gasteiger partial charge in [-0.15, -0.1) is 0 Å². The molecule has 6 rings (SSSR count). The van der Waals surface area contributed by atoms with Crippen LogP contribution in [-0.2, 0) is 0 Å². The number of fused-ring (bicyclic) bond motifs is 4. The monoisotopic (exact) mass is 598 g/mol. The lowest BCUT2D eigenvalue weighted by Crippen LogP contribution is -2.48. The van der Waals surface area contributed by atoms with Crippen LogP contribution in [-0.4, -0.2) is 18.6 Å². The molecule has 0 radical (unpaired) electrons. The van der Waals surface area contributed by atoms with Gasteiger partial charge in [0.1, 0.15) is 0 Å². The molecule has 0 N–H and O–H groups in total. The molecule has 0 bridgehead atoms. The van der Waals surface area contributed by atoms with E-state index in [4.69, 9.17) is 0 Å². The van der Waals surface area contributed by atoms with Gasteiger partial charge in [0.25, 0.3) is 0 Å². The molecule has 0 aromatic heterocycles. The summed E-state index contributed by atoms with van der Waals surface area (Å²) in [6.45, 7) is 29.5. The van der Waals surface area contributed by atoms with Crippen molar-refractivity contribution in [3.05, 3.63) is 0 Å². The number of thioether (sulfide) groups is 1. The molecule has 6 fully saturated rings. The van der Waals surface area contributed by atoms with Gasteiger partial charge in [-0.1, -0.05) is 101 Å². The Balaban J connectivity index is 1.27. The zero-order valence-corrected chi connectivity index (χ0v) is 31.2. The third-order valence-electron chi connectivity index (χ3n) is 15.7. The van der Waals surface area contributed by atoms with Gasteiger partial charge < -0.3 is 0 Å². The van der Waals surface area contributed by atoms with Gasteiger partial charge in [0.05, 0.1) is 8.07 Å². The topological polar surface area (TPSA) is 0 Å². The van der Waals surface area contributed by atoms with E-state index >= 15 is 0 Å². The number of rotatable bonds is 3. The van der Waals surface area contributed by atoms with Gasteiger partial charge in [0, 0.05) is 10.5 Å². The second kappa shape index (κ2) is 11.1. The van der Waals surface area contributed by atoms with Crippen LogP contribution in [0.4, 0.5) is 0 Å². The SMILES string of the molecule is CC1CC2C(C3CC(C(C)(C)C)CC(C(C)(C)C)C3)CCCC2C1[Si](C)(C)C1C(C)C(C)C2SC3CCCCC3C21. The molecule has 2 heteroatoms. The lowest BCUT2D eigenvalue weighted by molar-refractivity contribution is -0.000479. The highest BCUT2D eigenvalue weighted by atomic mass is 32.2. The highest BCUT2D eigenvalue weighted by Crippen LogP contribution is 2.70. The molecule has 1 heterocycles. The van der Waals surface area contributed by atoms with Gasteiger partial charge in [0.15, 0.2) is 0 Å². The Morgan fingerprint density at radius 3 is 1.80 bits per heavy atom. The van der Waals surface area contributed by atoms with Crippen LogP contribution < -0.4 is 0 Å². The first-order valence-corrected chi connectivity index (χ1v) is 22.9. The minimum atomic E-state index is -1.45. The first-order valence-electron chi connectivity index (χ1n) is 18.8. The molecule has 0 aromatic carbocycles. The maximum absolute atomic E-state index is 2.96. The fourth-order valence-electron chi connectivity index (χ4n) is 13.7. The zero-order chi connectivity index (χ0) is 29.6. The maximum Gasteiger partial charge on any atom is 0.0547 e. The Morgan fingerprint density at radius 2 is 1.17 bits per heavy atom. The van der Waals surface area contributed by atoms with Gasteiger partial charge in [-0.2, -0.15) is 11.8 Å². The third kappa shape index (κ3) is 5.41. The zero-order valence-electron chi connectivity index (χ0n) is 29.3. The molecule has 41 heavy (non-hydrogen) atoms. The molecule has 0 spiro atoms. The molecular formula is C39H70SSi. The van der Waals surface area contributed by atoms with Crippen molar-refractivity contribution in [3.8, 4) is 0 Å². The van der Waals surface area contributed by atoms with E-state index in [0.29, 0.717) is 10.8 Å². The summed E-state index contributed by atoms with van der Waals surface area (Å²) < 4.78 is 0. The van der Waals surface area contributed by atoms with E-state index in [1.54, 1.807) is 32.1 Å². The number of hydrogen-bond acceptors (Lipinski definition) is 1. The van der Waals surface area contributed by atoms with Gasteiger partial charge in [-0.3, -0.25) is 0 Å². The molecule has 236 valence electrons. The number of hydrogen-bond donors (Lipinski definition) is 0. The smallest absolute Gasteiger partial charge is 0.0547 e. The highest BCUT2D eigenvalue weighted by molar-refractivity contribution is 8.00. The highest BCUT2D eigenvalue weighted by Gasteiger charge is 2.64. The minimum absolute atomic E-state index is 0.457. The van der Waals surface area contributed by atoms with Gasteiger partial charge in [-0.05, 0) is 132 Å². The third-order valence-corrected chi connectivity index (χ3v) is 23.0. The van der Waals surface area contributed by atoms with Crippen molar-refractivity contribution in [2.24, 2.45) is 75.9 Å². The van der Waals surface area contributed by atoms with Gasteiger partial charge in [0.2, 0.25) is 0 Å². The van der Waals surface area contributed by atoms with Crippen LogP contribution in [0, 0.1) is 75.9 Å². The Kier molecular flexibility index (Phi) is 8.56. The summed E-state index contributed by atoms with van der Waals surface area (Å²) in [5.41, 5.74) is 3.08. The average Bonchev–Trinajstić information content (AvgIpc) is 3.51. The molecule has 0 nitrogen and oxygen atoms in total. The molecule has 14 atom stereocenters. The lowest BCUT2D eigenvalue weighted by atomic mass is 9.55. The van der Waals surface area contributed by atoms with Crippen molar-refractivity contribution >= 4 is 19.8 Å². The summed E-state index contributed by atoms with van der Waals surface area (Å²) >= 11 is 2.51. The average molecular weight is 599 g/mol. The van der Waals surface area contributed by atoms with Crippen LogP contribution in [0.3, 0.4) is 0 Å². The van der Waals surface area contributed by atoms with Crippen LogP contribution in [0.15, 0.2) is 0 Å². The summed E-state index contributed by atoms with van der Waals surface area (Å²) in [4.78, 5) is 0. The predicted octanol–water partition coefficient (Wildman–Crippen LogP) is 12.2. The van der Waals surface area contributed by atoms with Crippen molar-refractivity contribution in [1.29, 1.82) is 0 Å². The Labute approximate surface area is 262 Å². The minimum Gasteiger partial charge on any atom is -0.154 e. The quantitative estimate of drug-likeness (QED) is 0.291. The molecule has 5 aliphatic carbocycles. The van der Waals surface area contributed by atoms with Crippen LogP contribution >= 0.6 is 11.8 Å². The van der Waals surface area contributed by atoms with Crippen molar-refractivity contribution < 1.29 is 0 Å². The largest absolute Gasteiger partial charge is 0.154 e. The standard InChI is InChI=1S/C39H70SSi/c1-23-19-32-29(26-20-27(38(4,5)6)22-28(21-26)39(7,8)9)16-14-17-30(32)36(23)41(10,11)37-25(3)24(2)35-34(37)31-15-12-13-18-33(31)40-35/h23-37H,12-22H2,1-11H3. The Bertz CT molecular complexity index is 901. The summed E-state index contributed by atoms with van der Waals surface area (Å²) in [7, 11) is -1.45. The fraction of sp³-hybridized carbons (Fsp3) is 1.00. The molecular weight excluding hydrogens is 529 g/mol. The summed E-state index contributed by atoms with van der Waals surface area (Å²) in [6.07, 6.45) is 17.0. The second-order valence-electron chi connectivity index (χ2n) is 20.0. The van der Waals surface area contributed by atoms with Crippen LogP contribution in [0.25, 0.3) is 0 Å². The molecule has 14 unspecified atom stereocenters. The molecule has 0 amide bonds. The van der Waals surface area contributed by atoms with Gasteiger partial charge in [-0.25, -0.2) is 0 Å². The lowest BCUT2D eigenvalue weighted by Gasteiger charge is -2.52. The summed E-state index contributed by atoms with van der Waals surface area (Å²) in [5, 5.41) is 2.01. The normalized spacial score (nSPS) is 50.9. The van der Waals surface area contributed by atoms with Crippen molar-refractivity contribution in [2.75, 3.05) is 0 Å². The fourth-order valence-corrected chi connectivity index (χ4v) is 22.8. The van der Waals surface area contributed by atoms with E-state index < -0.39 is 8.07 Å². The van der Waals surface area contributed by atoms with Crippen molar-refractivity contribution in [1.82, 2.24) is 0 Å². The van der Waals surface area contributed by atoms with E-state index in [-0.39, 0.29) is 0 Å². The van der Waals surface area contributed by atoms with Crippen LogP contribution in [0.1, 0.15) is 133 Å². The Morgan fingerprint density at radius 1 is 0.585 bits per heavy atom. The van der Waals surface area contributed by atoms with Crippen molar-refractivity contribution in [2.45, 2.75) is 168 Å². The first kappa shape index (κ1) is 31.5. The Hall–Kier alpha value is 0.567. The van der Waals surface area contributed by atoms with Crippen LogP contribution in [0.2, 0.25) is 24.2 Å². The summed E-state index contributed by atoms with van der Waals surface area (Å²) in [5.74, 6) is 11.0.